The zero-order chi connectivity index (χ0) is 13.5. The number of aromatic nitrogens is 1. The molecule has 3 N–H and O–H groups in total. The summed E-state index contributed by atoms with van der Waals surface area (Å²) in [5.41, 5.74) is 1.58. The molecule has 0 fully saturated rings. The van der Waals surface area contributed by atoms with E-state index in [0.717, 1.165) is 17.7 Å². The topological polar surface area (TPSA) is 82.1 Å². The van der Waals surface area contributed by atoms with E-state index < -0.39 is 6.10 Å². The smallest absolute Gasteiger partial charge is 0.169 e. The summed E-state index contributed by atoms with van der Waals surface area (Å²) in [6.45, 7) is 1.98. The number of nitrogens with one attached hydrogen (secondary N) is 2. The molecule has 1 unspecified atom stereocenters. The highest BCUT2D eigenvalue weighted by atomic mass is 79.9. The van der Waals surface area contributed by atoms with Crippen molar-refractivity contribution in [1.29, 1.82) is 5.41 Å². The number of hydrogen-bond donors (Lipinski definition) is 3. The predicted molar refractivity (Wildman–Crippen MR) is 73.9 cm³/mol. The molecule has 1 rings (SSSR count). The first-order chi connectivity index (χ1) is 8.58. The second-order valence-electron chi connectivity index (χ2n) is 3.89. The van der Waals surface area contributed by atoms with Crippen molar-refractivity contribution in [2.24, 2.45) is 0 Å². The highest BCUT2D eigenvalue weighted by Gasteiger charge is 2.18. The number of aryl methyl sites for hydroxylation is 1. The number of nitrogens with zero attached hydrogens (tertiary/aromatic N) is 1. The molecule has 0 spiro atoms. The standard InChI is InChI=1S/C12H18BrN3O2/c1-3-9-6-10(18-16-9)12(17)8(7-15-2)4-5-11(13)14/h6-7,12,14-15,17H,3-5H2,1-2H3/b8-7+,14-11?. The van der Waals surface area contributed by atoms with Crippen molar-refractivity contribution >= 4 is 20.6 Å². The van der Waals surface area contributed by atoms with Crippen LogP contribution >= 0.6 is 15.9 Å². The van der Waals surface area contributed by atoms with Crippen molar-refractivity contribution in [1.82, 2.24) is 10.5 Å². The largest absolute Gasteiger partial charge is 0.394 e. The Morgan fingerprint density at radius 2 is 2.39 bits per heavy atom. The van der Waals surface area contributed by atoms with E-state index in [4.69, 9.17) is 9.93 Å². The SMILES string of the molecule is CCc1cc(C(O)/C(=C/NC)CCC(=N)Br)on1. The summed E-state index contributed by atoms with van der Waals surface area (Å²) in [7, 11) is 1.77. The minimum atomic E-state index is -0.822. The summed E-state index contributed by atoms with van der Waals surface area (Å²) < 4.78 is 5.52. The van der Waals surface area contributed by atoms with Crippen LogP contribution in [0, 0.1) is 5.41 Å². The van der Waals surface area contributed by atoms with E-state index in [1.54, 1.807) is 19.3 Å². The van der Waals surface area contributed by atoms with E-state index >= 15 is 0 Å². The quantitative estimate of drug-likeness (QED) is 0.675. The molecule has 5 nitrogen and oxygen atoms in total. The lowest BCUT2D eigenvalue weighted by Crippen LogP contribution is -2.06. The summed E-state index contributed by atoms with van der Waals surface area (Å²) in [4.78, 5) is 0. The lowest BCUT2D eigenvalue weighted by molar-refractivity contribution is 0.168. The molecule has 1 aromatic rings. The maximum Gasteiger partial charge on any atom is 0.169 e. The van der Waals surface area contributed by atoms with Crippen LogP contribution in [0.15, 0.2) is 22.4 Å². The van der Waals surface area contributed by atoms with Crippen LogP contribution in [0.1, 0.15) is 37.3 Å². The van der Waals surface area contributed by atoms with E-state index in [-0.39, 0.29) is 0 Å². The lowest BCUT2D eigenvalue weighted by atomic mass is 10.0. The van der Waals surface area contributed by atoms with E-state index in [1.807, 2.05) is 6.92 Å². The molecule has 1 heterocycles. The molecule has 0 amide bonds. The molecule has 18 heavy (non-hydrogen) atoms. The average Bonchev–Trinajstić information content (AvgIpc) is 2.82. The van der Waals surface area contributed by atoms with Crippen molar-refractivity contribution in [2.75, 3.05) is 7.05 Å². The van der Waals surface area contributed by atoms with Crippen LogP contribution < -0.4 is 5.32 Å². The zero-order valence-corrected chi connectivity index (χ0v) is 12.1. The van der Waals surface area contributed by atoms with E-state index in [9.17, 15) is 5.11 Å². The zero-order valence-electron chi connectivity index (χ0n) is 10.5. The van der Waals surface area contributed by atoms with Gasteiger partial charge in [0, 0.05) is 13.1 Å². The van der Waals surface area contributed by atoms with Crippen molar-refractivity contribution < 1.29 is 9.63 Å². The number of aliphatic hydroxyl groups excluding tert-OH is 1. The maximum absolute atomic E-state index is 10.2. The van der Waals surface area contributed by atoms with Crippen LogP contribution in [0.2, 0.25) is 0 Å². The van der Waals surface area contributed by atoms with Crippen molar-refractivity contribution in [3.8, 4) is 0 Å². The van der Waals surface area contributed by atoms with Crippen LogP contribution in [0.3, 0.4) is 0 Å². The van der Waals surface area contributed by atoms with Gasteiger partial charge in [-0.05, 0) is 47.0 Å². The Bertz CT molecular complexity index is 429. The second kappa shape index (κ2) is 7.33. The first-order valence-electron chi connectivity index (χ1n) is 5.81. The van der Waals surface area contributed by atoms with Crippen molar-refractivity contribution in [3.63, 3.8) is 0 Å². The molecule has 0 aliphatic carbocycles. The molecular formula is C12H18BrN3O2. The second-order valence-corrected chi connectivity index (χ2v) is 4.85. The molecule has 0 bridgehead atoms. The third-order valence-electron chi connectivity index (χ3n) is 2.52. The van der Waals surface area contributed by atoms with Gasteiger partial charge in [-0.15, -0.1) is 0 Å². The highest BCUT2D eigenvalue weighted by Crippen LogP contribution is 2.25. The molecule has 0 radical (unpaired) electrons. The fourth-order valence-corrected chi connectivity index (χ4v) is 1.73. The minimum Gasteiger partial charge on any atom is -0.394 e. The molecule has 100 valence electrons. The van der Waals surface area contributed by atoms with Gasteiger partial charge in [-0.25, -0.2) is 0 Å². The van der Waals surface area contributed by atoms with Gasteiger partial charge in [-0.1, -0.05) is 12.1 Å². The number of hydrogen-bond acceptors (Lipinski definition) is 5. The van der Waals surface area contributed by atoms with Crippen LogP contribution in [0.25, 0.3) is 0 Å². The van der Waals surface area contributed by atoms with Crippen LogP contribution in [0.4, 0.5) is 0 Å². The monoisotopic (exact) mass is 315 g/mol. The van der Waals surface area contributed by atoms with Gasteiger partial charge in [-0.2, -0.15) is 0 Å². The Morgan fingerprint density at radius 3 is 2.89 bits per heavy atom. The summed E-state index contributed by atoms with van der Waals surface area (Å²) in [5, 5.41) is 24.3. The Hall–Kier alpha value is -1.14. The number of halogens is 1. The van der Waals surface area contributed by atoms with Crippen LogP contribution in [-0.2, 0) is 6.42 Å². The maximum atomic E-state index is 10.2. The predicted octanol–water partition coefficient (Wildman–Crippen LogP) is 2.53. The van der Waals surface area contributed by atoms with Gasteiger partial charge < -0.3 is 14.9 Å². The lowest BCUT2D eigenvalue weighted by Gasteiger charge is -2.11. The van der Waals surface area contributed by atoms with E-state index in [0.29, 0.717) is 23.2 Å². The molecule has 1 atom stereocenters. The third-order valence-corrected chi connectivity index (χ3v) is 2.92. The fourth-order valence-electron chi connectivity index (χ4n) is 1.53. The van der Waals surface area contributed by atoms with Crippen LogP contribution in [-0.4, -0.2) is 21.9 Å². The van der Waals surface area contributed by atoms with Gasteiger partial charge >= 0.3 is 0 Å². The van der Waals surface area contributed by atoms with Gasteiger partial charge in [0.2, 0.25) is 0 Å². The minimum absolute atomic E-state index is 0.406. The molecule has 0 saturated heterocycles. The third kappa shape index (κ3) is 4.27. The van der Waals surface area contributed by atoms with E-state index in [2.05, 4.69) is 26.4 Å². The van der Waals surface area contributed by atoms with Crippen LogP contribution in [0.5, 0.6) is 0 Å². The number of aliphatic hydroxyl groups is 1. The first kappa shape index (κ1) is 14.9. The molecule has 0 saturated carbocycles. The Balaban J connectivity index is 2.78. The Morgan fingerprint density at radius 1 is 1.67 bits per heavy atom. The van der Waals surface area contributed by atoms with Gasteiger partial charge in [-0.3, -0.25) is 5.41 Å². The normalized spacial score (nSPS) is 13.4. The van der Waals surface area contributed by atoms with Gasteiger partial charge in [0.15, 0.2) is 5.76 Å². The molecule has 6 heteroatoms. The van der Waals surface area contributed by atoms with Gasteiger partial charge in [0.25, 0.3) is 0 Å². The molecule has 0 aliphatic heterocycles. The Kier molecular flexibility index (Phi) is 6.07. The highest BCUT2D eigenvalue weighted by molar-refractivity contribution is 9.18. The summed E-state index contributed by atoms with van der Waals surface area (Å²) in [6.07, 6.45) is 2.80. The van der Waals surface area contributed by atoms with Crippen molar-refractivity contribution in [2.45, 2.75) is 32.3 Å². The Labute approximate surface area is 115 Å². The summed E-state index contributed by atoms with van der Waals surface area (Å²) in [5.74, 6) is 0.439. The first-order valence-corrected chi connectivity index (χ1v) is 6.60. The summed E-state index contributed by atoms with van der Waals surface area (Å²) in [6, 6.07) is 1.76. The molecular weight excluding hydrogens is 298 g/mol. The fraction of sp³-hybridized carbons (Fsp3) is 0.500. The van der Waals surface area contributed by atoms with Crippen molar-refractivity contribution in [3.05, 3.63) is 29.3 Å². The molecule has 0 aliphatic rings. The average molecular weight is 316 g/mol. The molecule has 1 aromatic heterocycles. The van der Waals surface area contributed by atoms with Gasteiger partial charge in [0.05, 0.1) is 10.3 Å². The number of rotatable bonds is 7. The van der Waals surface area contributed by atoms with Gasteiger partial charge in [0.1, 0.15) is 6.10 Å². The van der Waals surface area contributed by atoms with E-state index in [1.165, 1.54) is 0 Å². The molecule has 0 aromatic carbocycles. The summed E-state index contributed by atoms with van der Waals surface area (Å²) >= 11 is 3.09.